The van der Waals surface area contributed by atoms with Gasteiger partial charge in [-0.3, -0.25) is 4.79 Å². The SMILES string of the molecule is CC1CCCC(NC(=O)CSc2nnc(-c3sc4ccccc4c3Cl)o2)C1C. The summed E-state index contributed by atoms with van der Waals surface area (Å²) in [5.74, 6) is 1.82. The minimum Gasteiger partial charge on any atom is -0.410 e. The molecule has 0 spiro atoms. The van der Waals surface area contributed by atoms with Gasteiger partial charge in [-0.25, -0.2) is 0 Å². The number of nitrogens with zero attached hydrogens (tertiary/aromatic N) is 2. The van der Waals surface area contributed by atoms with Gasteiger partial charge in [0.15, 0.2) is 0 Å². The average Bonchev–Trinajstić information content (AvgIpc) is 3.29. The Kier molecular flexibility index (Phi) is 5.94. The van der Waals surface area contributed by atoms with Crippen LogP contribution in [0.15, 0.2) is 33.9 Å². The molecule has 1 amide bonds. The fourth-order valence-corrected chi connectivity index (χ4v) is 5.68. The van der Waals surface area contributed by atoms with Crippen LogP contribution in [-0.2, 0) is 4.79 Å². The van der Waals surface area contributed by atoms with E-state index in [9.17, 15) is 4.79 Å². The number of carbonyl (C=O) groups is 1. The second-order valence-corrected chi connectivity index (χ2v) is 9.70. The van der Waals surface area contributed by atoms with Crippen molar-refractivity contribution in [3.05, 3.63) is 29.3 Å². The summed E-state index contributed by atoms with van der Waals surface area (Å²) in [4.78, 5) is 13.1. The molecule has 28 heavy (non-hydrogen) atoms. The summed E-state index contributed by atoms with van der Waals surface area (Å²) in [6.45, 7) is 4.48. The van der Waals surface area contributed by atoms with E-state index in [0.29, 0.717) is 28.0 Å². The molecule has 1 N–H and O–H groups in total. The van der Waals surface area contributed by atoms with Crippen molar-refractivity contribution in [3.63, 3.8) is 0 Å². The van der Waals surface area contributed by atoms with Crippen molar-refractivity contribution in [1.29, 1.82) is 0 Å². The smallest absolute Gasteiger partial charge is 0.277 e. The fraction of sp³-hybridized carbons (Fsp3) is 0.450. The first-order valence-electron chi connectivity index (χ1n) is 9.46. The second kappa shape index (κ2) is 8.43. The number of amides is 1. The van der Waals surface area contributed by atoms with Crippen molar-refractivity contribution in [2.45, 2.75) is 44.4 Å². The predicted molar refractivity (Wildman–Crippen MR) is 115 cm³/mol. The van der Waals surface area contributed by atoms with Crippen LogP contribution in [0, 0.1) is 11.8 Å². The van der Waals surface area contributed by atoms with Gasteiger partial charge in [-0.15, -0.1) is 21.5 Å². The van der Waals surface area contributed by atoms with Gasteiger partial charge in [-0.2, -0.15) is 0 Å². The first kappa shape index (κ1) is 19.7. The normalized spacial score (nSPS) is 22.5. The lowest BCUT2D eigenvalue weighted by Crippen LogP contribution is -2.44. The van der Waals surface area contributed by atoms with Gasteiger partial charge >= 0.3 is 0 Å². The molecule has 0 bridgehead atoms. The number of thiophene rings is 1. The summed E-state index contributed by atoms with van der Waals surface area (Å²) in [5.41, 5.74) is 0. The van der Waals surface area contributed by atoms with Crippen LogP contribution < -0.4 is 5.32 Å². The minimum atomic E-state index is 0.00981. The van der Waals surface area contributed by atoms with Gasteiger partial charge in [-0.1, -0.05) is 68.3 Å². The lowest BCUT2D eigenvalue weighted by molar-refractivity contribution is -0.120. The van der Waals surface area contributed by atoms with Crippen molar-refractivity contribution in [2.24, 2.45) is 11.8 Å². The zero-order valence-corrected chi connectivity index (χ0v) is 18.2. The Morgan fingerprint density at radius 3 is 2.96 bits per heavy atom. The Morgan fingerprint density at radius 1 is 1.32 bits per heavy atom. The highest BCUT2D eigenvalue weighted by Crippen LogP contribution is 2.41. The Hall–Kier alpha value is -1.57. The third-order valence-electron chi connectivity index (χ3n) is 5.52. The summed E-state index contributed by atoms with van der Waals surface area (Å²) in [7, 11) is 0. The zero-order valence-electron chi connectivity index (χ0n) is 15.8. The maximum Gasteiger partial charge on any atom is 0.277 e. The van der Waals surface area contributed by atoms with Crippen molar-refractivity contribution < 1.29 is 9.21 Å². The Morgan fingerprint density at radius 2 is 2.14 bits per heavy atom. The van der Waals surface area contributed by atoms with Gasteiger partial charge in [0.1, 0.15) is 4.88 Å². The Balaban J connectivity index is 1.38. The summed E-state index contributed by atoms with van der Waals surface area (Å²) in [6.07, 6.45) is 3.47. The molecule has 8 heteroatoms. The molecule has 3 unspecified atom stereocenters. The standard InChI is InChI=1S/C20H22ClN3O2S2/c1-11-6-5-8-14(12(11)2)22-16(25)10-27-20-24-23-19(26-20)18-17(21)13-7-3-4-9-15(13)28-18/h3-4,7,9,11-12,14H,5-6,8,10H2,1-2H3,(H,22,25). The third kappa shape index (κ3) is 4.07. The molecule has 148 valence electrons. The van der Waals surface area contributed by atoms with E-state index in [0.717, 1.165) is 21.4 Å². The summed E-state index contributed by atoms with van der Waals surface area (Å²) >= 11 is 9.25. The van der Waals surface area contributed by atoms with E-state index < -0.39 is 0 Å². The summed E-state index contributed by atoms with van der Waals surface area (Å²) in [6, 6.07) is 8.17. The highest BCUT2D eigenvalue weighted by Gasteiger charge is 2.28. The van der Waals surface area contributed by atoms with E-state index in [2.05, 4.69) is 29.4 Å². The Labute approximate surface area is 177 Å². The highest BCUT2D eigenvalue weighted by atomic mass is 35.5. The molecule has 2 heterocycles. The van der Waals surface area contributed by atoms with E-state index >= 15 is 0 Å². The molecule has 1 aromatic carbocycles. The Bertz CT molecular complexity index is 987. The quantitative estimate of drug-likeness (QED) is 0.525. The number of carbonyl (C=O) groups excluding carboxylic acids is 1. The van der Waals surface area contributed by atoms with Gasteiger partial charge in [-0.05, 0) is 24.3 Å². The van der Waals surface area contributed by atoms with Crippen LogP contribution >= 0.6 is 34.7 Å². The highest BCUT2D eigenvalue weighted by molar-refractivity contribution is 7.99. The van der Waals surface area contributed by atoms with E-state index in [-0.39, 0.29) is 17.7 Å². The van der Waals surface area contributed by atoms with Crippen LogP contribution in [0.1, 0.15) is 33.1 Å². The molecule has 2 aromatic heterocycles. The van der Waals surface area contributed by atoms with Crippen LogP contribution in [0.2, 0.25) is 5.02 Å². The van der Waals surface area contributed by atoms with Crippen LogP contribution in [0.3, 0.4) is 0 Å². The number of hydrogen-bond donors (Lipinski definition) is 1. The molecule has 5 nitrogen and oxygen atoms in total. The zero-order chi connectivity index (χ0) is 19.7. The number of rotatable bonds is 5. The van der Waals surface area contributed by atoms with Crippen molar-refractivity contribution in [1.82, 2.24) is 15.5 Å². The first-order chi connectivity index (χ1) is 13.5. The average molecular weight is 436 g/mol. The van der Waals surface area contributed by atoms with Crippen LogP contribution in [0.4, 0.5) is 0 Å². The van der Waals surface area contributed by atoms with Crippen LogP contribution in [0.25, 0.3) is 20.9 Å². The van der Waals surface area contributed by atoms with Gasteiger partial charge in [0.05, 0.1) is 10.8 Å². The number of hydrogen-bond acceptors (Lipinski definition) is 6. The van der Waals surface area contributed by atoms with Gasteiger partial charge < -0.3 is 9.73 Å². The molecule has 0 aliphatic heterocycles. The van der Waals surface area contributed by atoms with E-state index in [1.165, 1.54) is 35.9 Å². The topological polar surface area (TPSA) is 68.0 Å². The number of aromatic nitrogens is 2. The van der Waals surface area contributed by atoms with Gasteiger partial charge in [0.2, 0.25) is 5.91 Å². The monoisotopic (exact) mass is 435 g/mol. The minimum absolute atomic E-state index is 0.00981. The molecule has 1 aliphatic carbocycles. The maximum absolute atomic E-state index is 12.3. The summed E-state index contributed by atoms with van der Waals surface area (Å²) < 4.78 is 6.82. The molecule has 1 aliphatic rings. The molecule has 1 fully saturated rings. The lowest BCUT2D eigenvalue weighted by Gasteiger charge is -2.34. The third-order valence-corrected chi connectivity index (χ3v) is 8.00. The van der Waals surface area contributed by atoms with E-state index in [1.807, 2.05) is 24.3 Å². The molecule has 4 rings (SSSR count). The second-order valence-electron chi connectivity index (χ2n) is 7.34. The fourth-order valence-electron chi connectivity index (χ4n) is 3.67. The first-order valence-corrected chi connectivity index (χ1v) is 11.6. The van der Waals surface area contributed by atoms with Crippen molar-refractivity contribution >= 4 is 50.7 Å². The molecule has 0 saturated heterocycles. The number of fused-ring (bicyclic) bond motifs is 1. The van der Waals surface area contributed by atoms with Crippen molar-refractivity contribution in [2.75, 3.05) is 5.75 Å². The largest absolute Gasteiger partial charge is 0.410 e. The molecule has 3 atom stereocenters. The molecule has 0 radical (unpaired) electrons. The number of benzene rings is 1. The van der Waals surface area contributed by atoms with E-state index in [1.54, 1.807) is 0 Å². The van der Waals surface area contributed by atoms with Gasteiger partial charge in [0, 0.05) is 16.1 Å². The molecule has 1 saturated carbocycles. The van der Waals surface area contributed by atoms with E-state index in [4.69, 9.17) is 16.0 Å². The number of halogens is 1. The van der Waals surface area contributed by atoms with Gasteiger partial charge in [0.25, 0.3) is 11.1 Å². The van der Waals surface area contributed by atoms with Crippen molar-refractivity contribution in [3.8, 4) is 10.8 Å². The lowest BCUT2D eigenvalue weighted by atomic mass is 9.78. The number of thioether (sulfide) groups is 1. The van der Waals surface area contributed by atoms with Crippen LogP contribution in [0.5, 0.6) is 0 Å². The molecular weight excluding hydrogens is 414 g/mol. The predicted octanol–water partition coefficient (Wildman–Crippen LogP) is 5.64. The van der Waals surface area contributed by atoms with Crippen LogP contribution in [-0.4, -0.2) is 27.9 Å². The molecular formula is C20H22ClN3O2S2. The maximum atomic E-state index is 12.3. The number of nitrogens with one attached hydrogen (secondary N) is 1. The molecule has 3 aromatic rings. The summed E-state index contributed by atoms with van der Waals surface area (Å²) in [5, 5.41) is 13.3.